The summed E-state index contributed by atoms with van der Waals surface area (Å²) >= 11 is 0. The summed E-state index contributed by atoms with van der Waals surface area (Å²) in [4.78, 5) is 24.7. The number of aliphatic hydroxyl groups is 2. The van der Waals surface area contributed by atoms with Gasteiger partial charge < -0.3 is 19.7 Å². The van der Waals surface area contributed by atoms with Crippen LogP contribution in [0.5, 0.6) is 0 Å². The van der Waals surface area contributed by atoms with Crippen molar-refractivity contribution in [3.05, 3.63) is 35.4 Å². The number of hydrogen-bond acceptors (Lipinski definition) is 6. The second kappa shape index (κ2) is 22.3. The first kappa shape index (κ1) is 30.1. The largest absolute Gasteiger partial charge is 0.462 e. The van der Waals surface area contributed by atoms with Gasteiger partial charge in [0.2, 0.25) is 0 Å². The number of esters is 2. The smallest absolute Gasteiger partial charge is 0.339 e. The monoisotopic (exact) mass is 452 g/mol. The quantitative estimate of drug-likeness (QED) is 0.233. The van der Waals surface area contributed by atoms with Crippen LogP contribution in [-0.4, -0.2) is 48.6 Å². The molecule has 0 aromatic heterocycles. The average Bonchev–Trinajstić information content (AvgIpc) is 2.82. The molecule has 0 saturated carbocycles. The number of hydrogen-bond donors (Lipinski definition) is 2. The Morgan fingerprint density at radius 3 is 1.31 bits per heavy atom. The van der Waals surface area contributed by atoms with Crippen molar-refractivity contribution >= 4 is 11.9 Å². The van der Waals surface area contributed by atoms with E-state index in [4.69, 9.17) is 19.7 Å². The molecular formula is C26H44O6. The molecule has 0 atom stereocenters. The molecule has 0 amide bonds. The van der Waals surface area contributed by atoms with E-state index < -0.39 is 11.9 Å². The molecule has 0 unspecified atom stereocenters. The van der Waals surface area contributed by atoms with E-state index in [1.54, 1.807) is 24.3 Å². The van der Waals surface area contributed by atoms with Crippen LogP contribution in [0.2, 0.25) is 0 Å². The topological polar surface area (TPSA) is 93.1 Å². The van der Waals surface area contributed by atoms with Gasteiger partial charge in [-0.2, -0.15) is 0 Å². The van der Waals surface area contributed by atoms with Crippen molar-refractivity contribution in [3.8, 4) is 0 Å². The van der Waals surface area contributed by atoms with E-state index in [0.717, 1.165) is 25.7 Å². The van der Waals surface area contributed by atoms with Crippen LogP contribution in [-0.2, 0) is 9.47 Å². The van der Waals surface area contributed by atoms with Crippen molar-refractivity contribution in [1.82, 2.24) is 0 Å². The number of carbonyl (C=O) groups is 2. The lowest BCUT2D eigenvalue weighted by Crippen LogP contribution is -2.15. The van der Waals surface area contributed by atoms with Crippen LogP contribution in [0.4, 0.5) is 0 Å². The molecule has 0 aliphatic carbocycles. The lowest BCUT2D eigenvalue weighted by Gasteiger charge is -2.10. The Labute approximate surface area is 194 Å². The van der Waals surface area contributed by atoms with Gasteiger partial charge in [-0.15, -0.1) is 0 Å². The van der Waals surface area contributed by atoms with Gasteiger partial charge in [0.15, 0.2) is 0 Å². The summed E-state index contributed by atoms with van der Waals surface area (Å²) < 4.78 is 10.7. The fourth-order valence-corrected chi connectivity index (χ4v) is 3.09. The highest BCUT2D eigenvalue weighted by molar-refractivity contribution is 6.03. The van der Waals surface area contributed by atoms with E-state index in [2.05, 4.69) is 13.8 Å². The summed E-state index contributed by atoms with van der Waals surface area (Å²) in [6.07, 6.45) is 13.6. The van der Waals surface area contributed by atoms with Gasteiger partial charge in [0.05, 0.1) is 37.6 Å². The minimum atomic E-state index is -0.444. The first-order chi connectivity index (χ1) is 15.6. The SMILES string of the molecule is CCCCCCCCOC(=O)c1ccccc1C(=O)OCCCCCCCC.OCCO. The molecule has 6 nitrogen and oxygen atoms in total. The Morgan fingerprint density at radius 1 is 0.625 bits per heavy atom. The Morgan fingerprint density at radius 2 is 0.969 bits per heavy atom. The normalized spacial score (nSPS) is 10.2. The standard InChI is InChI=1S/C24H38O4.C2H6O2/c1-3-5-7-9-11-15-19-27-23(25)21-17-13-14-18-22(21)24(26)28-20-16-12-10-8-6-4-2;3-1-2-4/h13-14,17-18H,3-12,15-16,19-20H2,1-2H3;3-4H,1-2H2. The van der Waals surface area contributed by atoms with Crippen molar-refractivity contribution in [3.63, 3.8) is 0 Å². The fourth-order valence-electron chi connectivity index (χ4n) is 3.09. The van der Waals surface area contributed by atoms with Crippen LogP contribution in [0.3, 0.4) is 0 Å². The highest BCUT2D eigenvalue weighted by Gasteiger charge is 2.18. The summed E-state index contributed by atoms with van der Waals surface area (Å²) in [5.41, 5.74) is 0.586. The van der Waals surface area contributed by atoms with Gasteiger partial charge in [0.25, 0.3) is 0 Å². The third kappa shape index (κ3) is 15.8. The zero-order chi connectivity index (χ0) is 23.9. The molecule has 0 aliphatic rings. The molecule has 184 valence electrons. The van der Waals surface area contributed by atoms with E-state index >= 15 is 0 Å². The molecule has 0 heterocycles. The first-order valence-electron chi connectivity index (χ1n) is 12.3. The van der Waals surface area contributed by atoms with Gasteiger partial charge in [0, 0.05) is 0 Å². The fraction of sp³-hybridized carbons (Fsp3) is 0.692. The van der Waals surface area contributed by atoms with Crippen LogP contribution >= 0.6 is 0 Å². The molecule has 0 bridgehead atoms. The molecule has 1 aromatic carbocycles. The van der Waals surface area contributed by atoms with Gasteiger partial charge >= 0.3 is 11.9 Å². The molecule has 6 heteroatoms. The first-order valence-corrected chi connectivity index (χ1v) is 12.3. The minimum Gasteiger partial charge on any atom is -0.462 e. The third-order valence-electron chi connectivity index (χ3n) is 4.93. The molecule has 0 spiro atoms. The molecule has 1 rings (SSSR count). The molecule has 0 aliphatic heterocycles. The second-order valence-electron chi connectivity index (χ2n) is 7.80. The highest BCUT2D eigenvalue weighted by atomic mass is 16.5. The summed E-state index contributed by atoms with van der Waals surface area (Å²) in [5, 5.41) is 15.2. The maximum Gasteiger partial charge on any atom is 0.339 e. The number of rotatable bonds is 17. The number of ether oxygens (including phenoxy) is 2. The maximum absolute atomic E-state index is 12.4. The summed E-state index contributed by atoms with van der Waals surface area (Å²) in [6, 6.07) is 6.74. The zero-order valence-electron chi connectivity index (χ0n) is 20.2. The van der Waals surface area contributed by atoms with Crippen LogP contribution in [0.15, 0.2) is 24.3 Å². The summed E-state index contributed by atoms with van der Waals surface area (Å²) in [5.74, 6) is -0.888. The number of unbranched alkanes of at least 4 members (excludes halogenated alkanes) is 10. The lowest BCUT2D eigenvalue weighted by molar-refractivity contribution is 0.0450. The maximum atomic E-state index is 12.4. The Kier molecular flexibility index (Phi) is 20.9. The van der Waals surface area contributed by atoms with Crippen LogP contribution in [0, 0.1) is 0 Å². The molecule has 0 radical (unpaired) electrons. The minimum absolute atomic E-state index is 0.125. The summed E-state index contributed by atoms with van der Waals surface area (Å²) in [7, 11) is 0. The van der Waals surface area contributed by atoms with Crippen molar-refractivity contribution in [1.29, 1.82) is 0 Å². The molecule has 1 aromatic rings. The third-order valence-corrected chi connectivity index (χ3v) is 4.93. The van der Waals surface area contributed by atoms with Crippen molar-refractivity contribution < 1.29 is 29.3 Å². The van der Waals surface area contributed by atoms with Crippen LogP contribution < -0.4 is 0 Å². The van der Waals surface area contributed by atoms with Crippen LogP contribution in [0.25, 0.3) is 0 Å². The second-order valence-corrected chi connectivity index (χ2v) is 7.80. The lowest BCUT2D eigenvalue weighted by atomic mass is 10.1. The van der Waals surface area contributed by atoms with Crippen molar-refractivity contribution in [2.75, 3.05) is 26.4 Å². The zero-order valence-corrected chi connectivity index (χ0v) is 20.2. The molecule has 0 saturated heterocycles. The van der Waals surface area contributed by atoms with E-state index in [-0.39, 0.29) is 13.2 Å². The number of benzene rings is 1. The van der Waals surface area contributed by atoms with Gasteiger partial charge in [-0.25, -0.2) is 9.59 Å². The van der Waals surface area contributed by atoms with E-state index in [0.29, 0.717) is 24.3 Å². The summed E-state index contributed by atoms with van der Waals surface area (Å²) in [6.45, 7) is 4.92. The van der Waals surface area contributed by atoms with Crippen molar-refractivity contribution in [2.24, 2.45) is 0 Å². The van der Waals surface area contributed by atoms with Gasteiger partial charge in [-0.3, -0.25) is 0 Å². The highest BCUT2D eigenvalue weighted by Crippen LogP contribution is 2.14. The molecule has 2 N–H and O–H groups in total. The van der Waals surface area contributed by atoms with Crippen molar-refractivity contribution in [2.45, 2.75) is 90.9 Å². The van der Waals surface area contributed by atoms with Crippen LogP contribution in [0.1, 0.15) is 112 Å². The van der Waals surface area contributed by atoms with E-state index in [9.17, 15) is 9.59 Å². The number of carbonyl (C=O) groups excluding carboxylic acids is 2. The Hall–Kier alpha value is -1.92. The van der Waals surface area contributed by atoms with Gasteiger partial charge in [0.1, 0.15) is 0 Å². The predicted octanol–water partition coefficient (Wildman–Crippen LogP) is 5.69. The predicted molar refractivity (Wildman–Crippen MR) is 128 cm³/mol. The van der Waals surface area contributed by atoms with Gasteiger partial charge in [-0.05, 0) is 25.0 Å². The Balaban J connectivity index is 0.00000220. The Bertz CT molecular complexity index is 536. The van der Waals surface area contributed by atoms with E-state index in [1.807, 2.05) is 0 Å². The van der Waals surface area contributed by atoms with E-state index in [1.165, 1.54) is 51.4 Å². The molecule has 32 heavy (non-hydrogen) atoms. The molecule has 0 fully saturated rings. The van der Waals surface area contributed by atoms with Gasteiger partial charge in [-0.1, -0.05) is 90.2 Å². The molecular weight excluding hydrogens is 408 g/mol. The average molecular weight is 453 g/mol. The number of aliphatic hydroxyl groups excluding tert-OH is 2.